The first-order valence-corrected chi connectivity index (χ1v) is 6.75. The Bertz CT molecular complexity index is 317. The van der Waals surface area contributed by atoms with Crippen LogP contribution in [0.1, 0.15) is 59.3 Å². The Balaban J connectivity index is 2.17. The number of carbonyl (C=O) groups excluding carboxylic acids is 1. The molecular formula is C14H24O3. The zero-order valence-corrected chi connectivity index (χ0v) is 11.2. The lowest BCUT2D eigenvalue weighted by atomic mass is 9.64. The van der Waals surface area contributed by atoms with Crippen LogP contribution in [0, 0.1) is 10.8 Å². The quantitative estimate of drug-likeness (QED) is 0.771. The third-order valence-electron chi connectivity index (χ3n) is 4.52. The Morgan fingerprint density at radius 2 is 1.88 bits per heavy atom. The Kier molecular flexibility index (Phi) is 3.01. The lowest BCUT2D eigenvalue weighted by molar-refractivity contribution is -0.169. The summed E-state index contributed by atoms with van der Waals surface area (Å²) in [6.45, 7) is 6.58. The van der Waals surface area contributed by atoms with Crippen LogP contribution in [0.3, 0.4) is 0 Å². The van der Waals surface area contributed by atoms with Gasteiger partial charge in [-0.25, -0.2) is 0 Å². The zero-order valence-electron chi connectivity index (χ0n) is 11.2. The minimum Gasteiger partial charge on any atom is -0.465 e. The number of carbonyl (C=O) groups is 1. The molecule has 0 bridgehead atoms. The Morgan fingerprint density at radius 1 is 1.24 bits per heavy atom. The van der Waals surface area contributed by atoms with Crippen LogP contribution in [0.4, 0.5) is 0 Å². The molecule has 1 atom stereocenters. The van der Waals surface area contributed by atoms with Crippen molar-refractivity contribution in [2.75, 3.05) is 6.61 Å². The highest BCUT2D eigenvalue weighted by Gasteiger charge is 2.66. The molecular weight excluding hydrogens is 216 g/mol. The third kappa shape index (κ3) is 2.10. The summed E-state index contributed by atoms with van der Waals surface area (Å²) in [7, 11) is 0. The fourth-order valence-corrected chi connectivity index (χ4v) is 3.49. The van der Waals surface area contributed by atoms with E-state index in [0.717, 1.165) is 38.5 Å². The van der Waals surface area contributed by atoms with Crippen molar-refractivity contribution in [3.63, 3.8) is 0 Å². The van der Waals surface area contributed by atoms with E-state index < -0.39 is 11.0 Å². The molecule has 0 heterocycles. The monoisotopic (exact) mass is 240 g/mol. The number of aliphatic hydroxyl groups is 1. The molecule has 0 aromatic carbocycles. The largest absolute Gasteiger partial charge is 0.465 e. The molecule has 0 spiro atoms. The molecule has 98 valence electrons. The summed E-state index contributed by atoms with van der Waals surface area (Å²) in [5, 5.41) is 10.9. The highest BCUT2D eigenvalue weighted by Crippen LogP contribution is 2.61. The van der Waals surface area contributed by atoms with Crippen LogP contribution in [-0.4, -0.2) is 23.3 Å². The molecule has 3 heteroatoms. The molecule has 17 heavy (non-hydrogen) atoms. The van der Waals surface area contributed by atoms with E-state index in [0.29, 0.717) is 6.61 Å². The van der Waals surface area contributed by atoms with Crippen LogP contribution < -0.4 is 0 Å². The maximum Gasteiger partial charge on any atom is 0.314 e. The van der Waals surface area contributed by atoms with Crippen LogP contribution in [-0.2, 0) is 9.53 Å². The Labute approximate surface area is 104 Å². The topological polar surface area (TPSA) is 46.5 Å². The molecule has 0 saturated heterocycles. The van der Waals surface area contributed by atoms with Crippen LogP contribution in [0.25, 0.3) is 0 Å². The van der Waals surface area contributed by atoms with Gasteiger partial charge >= 0.3 is 5.97 Å². The Morgan fingerprint density at radius 3 is 2.35 bits per heavy atom. The first kappa shape index (κ1) is 12.9. The number of esters is 1. The molecule has 1 N–H and O–H groups in total. The number of hydrogen-bond acceptors (Lipinski definition) is 3. The fraction of sp³-hybridized carbons (Fsp3) is 0.929. The molecule has 2 rings (SSSR count). The van der Waals surface area contributed by atoms with Gasteiger partial charge < -0.3 is 9.84 Å². The molecule has 0 aromatic rings. The smallest absolute Gasteiger partial charge is 0.314 e. The van der Waals surface area contributed by atoms with E-state index in [2.05, 4.69) is 13.8 Å². The van der Waals surface area contributed by atoms with Gasteiger partial charge in [-0.2, -0.15) is 0 Å². The van der Waals surface area contributed by atoms with Gasteiger partial charge in [-0.15, -0.1) is 0 Å². The van der Waals surface area contributed by atoms with Gasteiger partial charge in [-0.1, -0.05) is 20.3 Å². The number of ether oxygens (including phenoxy) is 1. The van der Waals surface area contributed by atoms with Crippen molar-refractivity contribution in [3.8, 4) is 0 Å². The van der Waals surface area contributed by atoms with E-state index in [4.69, 9.17) is 4.74 Å². The van der Waals surface area contributed by atoms with Crippen molar-refractivity contribution in [2.45, 2.75) is 64.9 Å². The predicted octanol–water partition coefficient (Wildman–Crippen LogP) is 2.66. The second kappa shape index (κ2) is 3.98. The molecule has 0 aromatic heterocycles. The van der Waals surface area contributed by atoms with Gasteiger partial charge in [-0.3, -0.25) is 4.79 Å². The van der Waals surface area contributed by atoms with E-state index in [-0.39, 0.29) is 11.4 Å². The van der Waals surface area contributed by atoms with Gasteiger partial charge in [0.15, 0.2) is 0 Å². The van der Waals surface area contributed by atoms with E-state index >= 15 is 0 Å². The van der Waals surface area contributed by atoms with Gasteiger partial charge in [0, 0.05) is 0 Å². The van der Waals surface area contributed by atoms with Crippen molar-refractivity contribution in [1.29, 1.82) is 0 Å². The molecule has 2 saturated carbocycles. The molecule has 2 aliphatic carbocycles. The number of hydrogen-bond donors (Lipinski definition) is 1. The molecule has 0 radical (unpaired) electrons. The predicted molar refractivity (Wildman–Crippen MR) is 65.5 cm³/mol. The highest BCUT2D eigenvalue weighted by molar-refractivity contribution is 5.81. The van der Waals surface area contributed by atoms with Crippen molar-refractivity contribution in [2.24, 2.45) is 10.8 Å². The minimum absolute atomic E-state index is 0.134. The van der Waals surface area contributed by atoms with Crippen molar-refractivity contribution < 1.29 is 14.6 Å². The van der Waals surface area contributed by atoms with E-state index in [9.17, 15) is 9.90 Å². The maximum absolute atomic E-state index is 12.1. The van der Waals surface area contributed by atoms with Gasteiger partial charge in [0.05, 0.1) is 17.6 Å². The molecule has 2 fully saturated rings. The summed E-state index contributed by atoms with van der Waals surface area (Å²) in [4.78, 5) is 12.1. The summed E-state index contributed by atoms with van der Waals surface area (Å²) in [6.07, 6.45) is 5.18. The standard InChI is InChI=1S/C14H24O3/c1-4-17-11(15)13(8-9-13)14(16)7-5-6-12(2,3)10-14/h16H,4-10H2,1-3H3. The van der Waals surface area contributed by atoms with E-state index in [1.165, 1.54) is 0 Å². The van der Waals surface area contributed by atoms with Crippen LogP contribution in [0.5, 0.6) is 0 Å². The lowest BCUT2D eigenvalue weighted by Crippen LogP contribution is -2.50. The van der Waals surface area contributed by atoms with Crippen molar-refractivity contribution in [3.05, 3.63) is 0 Å². The highest BCUT2D eigenvalue weighted by atomic mass is 16.5. The summed E-state index contributed by atoms with van der Waals surface area (Å²) in [6, 6.07) is 0. The fourth-order valence-electron chi connectivity index (χ4n) is 3.49. The van der Waals surface area contributed by atoms with E-state index in [1.807, 2.05) is 6.92 Å². The molecule has 0 aliphatic heterocycles. The van der Waals surface area contributed by atoms with Crippen molar-refractivity contribution >= 4 is 5.97 Å². The zero-order chi connectivity index (χ0) is 12.7. The second-order valence-corrected chi connectivity index (χ2v) is 6.53. The van der Waals surface area contributed by atoms with Crippen LogP contribution in [0.2, 0.25) is 0 Å². The SMILES string of the molecule is CCOC(=O)C1(C2(O)CCCC(C)(C)C2)CC1. The van der Waals surface area contributed by atoms with Gasteiger partial charge in [-0.05, 0) is 44.4 Å². The second-order valence-electron chi connectivity index (χ2n) is 6.53. The average Bonchev–Trinajstić information content (AvgIpc) is 2.96. The summed E-state index contributed by atoms with van der Waals surface area (Å²) in [5.74, 6) is -0.180. The van der Waals surface area contributed by atoms with Gasteiger partial charge in [0.2, 0.25) is 0 Å². The molecule has 0 amide bonds. The van der Waals surface area contributed by atoms with Crippen LogP contribution in [0.15, 0.2) is 0 Å². The molecule has 1 unspecified atom stereocenters. The third-order valence-corrected chi connectivity index (χ3v) is 4.52. The minimum atomic E-state index is -0.832. The number of rotatable bonds is 3. The maximum atomic E-state index is 12.1. The summed E-state index contributed by atoms with van der Waals surface area (Å²) in [5.41, 5.74) is -1.28. The first-order chi connectivity index (χ1) is 7.85. The van der Waals surface area contributed by atoms with Gasteiger partial charge in [0.25, 0.3) is 0 Å². The summed E-state index contributed by atoms with van der Waals surface area (Å²) >= 11 is 0. The van der Waals surface area contributed by atoms with Gasteiger partial charge in [0.1, 0.15) is 0 Å². The molecule has 3 nitrogen and oxygen atoms in total. The van der Waals surface area contributed by atoms with Crippen LogP contribution >= 0.6 is 0 Å². The first-order valence-electron chi connectivity index (χ1n) is 6.75. The average molecular weight is 240 g/mol. The lowest BCUT2D eigenvalue weighted by Gasteiger charge is -2.45. The van der Waals surface area contributed by atoms with E-state index in [1.54, 1.807) is 0 Å². The van der Waals surface area contributed by atoms with Crippen molar-refractivity contribution in [1.82, 2.24) is 0 Å². The Hall–Kier alpha value is -0.570. The molecule has 2 aliphatic rings. The normalized spacial score (nSPS) is 34.1. The summed E-state index contributed by atoms with van der Waals surface area (Å²) < 4.78 is 5.16.